The van der Waals surface area contributed by atoms with Crippen LogP contribution >= 0.6 is 0 Å². The van der Waals surface area contributed by atoms with Gasteiger partial charge in [-0.05, 0) is 33.6 Å². The molecule has 0 aromatic carbocycles. The van der Waals surface area contributed by atoms with E-state index in [2.05, 4.69) is 46.5 Å². The molecule has 0 aliphatic rings. The van der Waals surface area contributed by atoms with Gasteiger partial charge in [0.1, 0.15) is 0 Å². The largest absolute Gasteiger partial charge is 0.102 e. The second-order valence-corrected chi connectivity index (χ2v) is 3.86. The molecule has 0 heteroatoms. The summed E-state index contributed by atoms with van der Waals surface area (Å²) < 4.78 is 0. The molecule has 0 saturated heterocycles. The van der Waals surface area contributed by atoms with E-state index >= 15 is 0 Å². The van der Waals surface area contributed by atoms with Crippen molar-refractivity contribution in [1.29, 1.82) is 0 Å². The minimum atomic E-state index is 0.148. The van der Waals surface area contributed by atoms with Crippen LogP contribution in [0.5, 0.6) is 0 Å². The minimum absolute atomic E-state index is 0.148. The Bertz CT molecular complexity index is 136. The number of rotatable bonds is 1. The molecule has 0 amide bonds. The summed E-state index contributed by atoms with van der Waals surface area (Å²) in [6.45, 7) is 12.3. The van der Waals surface area contributed by atoms with E-state index in [0.29, 0.717) is 5.92 Å². The van der Waals surface area contributed by atoms with Crippen molar-refractivity contribution in [2.75, 3.05) is 0 Å². The maximum atomic E-state index is 3.86. The quantitative estimate of drug-likeness (QED) is 0.487. The average molecular weight is 137 g/mol. The highest BCUT2D eigenvalue weighted by molar-refractivity contribution is 5.07. The summed E-state index contributed by atoms with van der Waals surface area (Å²) >= 11 is 0. The maximum Gasteiger partial charge on any atom is 0.0230 e. The molecular formula is C10H17. The smallest absolute Gasteiger partial charge is 0.0230 e. The third kappa shape index (κ3) is 7.56. The van der Waals surface area contributed by atoms with E-state index in [1.165, 1.54) is 0 Å². The van der Waals surface area contributed by atoms with E-state index in [-0.39, 0.29) is 5.41 Å². The lowest BCUT2D eigenvalue weighted by atomic mass is 9.97. The van der Waals surface area contributed by atoms with Gasteiger partial charge in [-0.1, -0.05) is 12.8 Å². The van der Waals surface area contributed by atoms with Crippen molar-refractivity contribution in [1.82, 2.24) is 0 Å². The van der Waals surface area contributed by atoms with Crippen LogP contribution in [0.2, 0.25) is 0 Å². The van der Waals surface area contributed by atoms with Gasteiger partial charge in [-0.2, -0.15) is 0 Å². The lowest BCUT2D eigenvalue weighted by molar-refractivity contribution is 0.569. The monoisotopic (exact) mass is 137 g/mol. The van der Waals surface area contributed by atoms with Gasteiger partial charge in [0, 0.05) is 11.8 Å². The summed E-state index contributed by atoms with van der Waals surface area (Å²) in [5.41, 5.74) is 0.148. The molecule has 0 spiro atoms. The lowest BCUT2D eigenvalue weighted by Crippen LogP contribution is -1.99. The molecule has 0 saturated carbocycles. The van der Waals surface area contributed by atoms with Crippen LogP contribution in [0.4, 0.5) is 0 Å². The Labute approximate surface area is 65.0 Å². The van der Waals surface area contributed by atoms with Crippen LogP contribution in [-0.2, 0) is 0 Å². The van der Waals surface area contributed by atoms with E-state index in [0.717, 1.165) is 6.42 Å². The zero-order chi connectivity index (χ0) is 8.20. The van der Waals surface area contributed by atoms with Crippen LogP contribution in [0.1, 0.15) is 34.1 Å². The zero-order valence-electron chi connectivity index (χ0n) is 7.49. The first-order valence-corrected chi connectivity index (χ1v) is 3.75. The summed E-state index contributed by atoms with van der Waals surface area (Å²) in [5, 5.41) is 0. The van der Waals surface area contributed by atoms with Gasteiger partial charge < -0.3 is 0 Å². The Morgan fingerprint density at radius 3 is 2.20 bits per heavy atom. The summed E-state index contributed by atoms with van der Waals surface area (Å²) in [5.74, 6) is 6.73. The van der Waals surface area contributed by atoms with Crippen LogP contribution in [0.15, 0.2) is 0 Å². The first-order chi connectivity index (χ1) is 4.42. The Balaban J connectivity index is 3.71. The Morgan fingerprint density at radius 2 is 1.90 bits per heavy atom. The van der Waals surface area contributed by atoms with Gasteiger partial charge in [0.05, 0.1) is 0 Å². The van der Waals surface area contributed by atoms with Gasteiger partial charge in [-0.25, -0.2) is 0 Å². The highest BCUT2D eigenvalue weighted by Crippen LogP contribution is 2.10. The predicted molar refractivity (Wildman–Crippen MR) is 46.4 cm³/mol. The topological polar surface area (TPSA) is 0 Å². The van der Waals surface area contributed by atoms with Crippen LogP contribution in [0, 0.1) is 30.1 Å². The summed E-state index contributed by atoms with van der Waals surface area (Å²) in [6.07, 6.45) is 0.914. The second-order valence-electron chi connectivity index (χ2n) is 3.86. The second kappa shape index (κ2) is 3.66. The summed E-state index contributed by atoms with van der Waals surface area (Å²) in [6, 6.07) is 0. The fraction of sp³-hybridized carbons (Fsp3) is 0.700. The summed E-state index contributed by atoms with van der Waals surface area (Å²) in [7, 11) is 0. The van der Waals surface area contributed by atoms with E-state index in [9.17, 15) is 0 Å². The molecule has 0 aromatic heterocycles. The predicted octanol–water partition coefficient (Wildman–Crippen LogP) is 2.90. The highest BCUT2D eigenvalue weighted by atomic mass is 14.1. The minimum Gasteiger partial charge on any atom is -0.102 e. The standard InChI is InChI=1S/C10H17/c1-9(2)7-6-8-10(3,4)5/h9H,1,7H2,2-5H3. The highest BCUT2D eigenvalue weighted by Gasteiger charge is 2.02. The number of hydrogen-bond donors (Lipinski definition) is 0. The lowest BCUT2D eigenvalue weighted by Gasteiger charge is -2.07. The molecule has 0 rings (SSSR count). The Hall–Kier alpha value is -0.440. The molecule has 0 nitrogen and oxygen atoms in total. The van der Waals surface area contributed by atoms with Gasteiger partial charge in [-0.15, -0.1) is 5.92 Å². The maximum absolute atomic E-state index is 3.86. The molecule has 10 heavy (non-hydrogen) atoms. The van der Waals surface area contributed by atoms with Crippen molar-refractivity contribution in [2.45, 2.75) is 34.1 Å². The summed E-state index contributed by atoms with van der Waals surface area (Å²) in [4.78, 5) is 0. The molecule has 0 aromatic rings. The molecule has 1 atom stereocenters. The van der Waals surface area contributed by atoms with Crippen molar-refractivity contribution >= 4 is 0 Å². The molecule has 0 fully saturated rings. The van der Waals surface area contributed by atoms with Crippen molar-refractivity contribution in [3.05, 3.63) is 6.92 Å². The van der Waals surface area contributed by atoms with Crippen molar-refractivity contribution in [2.24, 2.45) is 11.3 Å². The Morgan fingerprint density at radius 1 is 1.40 bits per heavy atom. The third-order valence-electron chi connectivity index (χ3n) is 0.914. The Kier molecular flexibility index (Phi) is 3.50. The van der Waals surface area contributed by atoms with Crippen LogP contribution in [-0.4, -0.2) is 0 Å². The van der Waals surface area contributed by atoms with Crippen molar-refractivity contribution in [3.8, 4) is 11.8 Å². The van der Waals surface area contributed by atoms with Gasteiger partial charge in [0.2, 0.25) is 0 Å². The third-order valence-corrected chi connectivity index (χ3v) is 0.914. The molecule has 0 aliphatic carbocycles. The SMILES string of the molecule is [CH2]C(C)CC#CC(C)(C)C. The normalized spacial score (nSPS) is 11.0. The van der Waals surface area contributed by atoms with Gasteiger partial charge in [0.15, 0.2) is 0 Å². The van der Waals surface area contributed by atoms with Crippen LogP contribution in [0.25, 0.3) is 0 Å². The van der Waals surface area contributed by atoms with Gasteiger partial charge in [-0.3, -0.25) is 0 Å². The molecule has 0 N–H and O–H groups in total. The van der Waals surface area contributed by atoms with E-state index in [1.807, 2.05) is 0 Å². The molecule has 1 unspecified atom stereocenters. The zero-order valence-corrected chi connectivity index (χ0v) is 7.49. The van der Waals surface area contributed by atoms with Crippen molar-refractivity contribution in [3.63, 3.8) is 0 Å². The molecule has 0 aliphatic heterocycles. The molecule has 0 bridgehead atoms. The van der Waals surface area contributed by atoms with E-state index < -0.39 is 0 Å². The fourth-order valence-electron chi connectivity index (χ4n) is 0.490. The fourth-order valence-corrected chi connectivity index (χ4v) is 0.490. The molecule has 0 heterocycles. The van der Waals surface area contributed by atoms with Gasteiger partial charge >= 0.3 is 0 Å². The van der Waals surface area contributed by atoms with E-state index in [4.69, 9.17) is 0 Å². The average Bonchev–Trinajstić information content (AvgIpc) is 1.59. The van der Waals surface area contributed by atoms with Crippen molar-refractivity contribution < 1.29 is 0 Å². The number of hydrogen-bond acceptors (Lipinski definition) is 0. The molecular weight excluding hydrogens is 120 g/mol. The van der Waals surface area contributed by atoms with E-state index in [1.54, 1.807) is 0 Å². The first-order valence-electron chi connectivity index (χ1n) is 3.75. The van der Waals surface area contributed by atoms with Crippen LogP contribution < -0.4 is 0 Å². The molecule has 1 radical (unpaired) electrons. The molecule has 57 valence electrons. The van der Waals surface area contributed by atoms with Gasteiger partial charge in [0.25, 0.3) is 0 Å². The van der Waals surface area contributed by atoms with Crippen LogP contribution in [0.3, 0.4) is 0 Å². The first kappa shape index (κ1) is 9.56.